The van der Waals surface area contributed by atoms with Crippen LogP contribution in [0.15, 0.2) is 28.7 Å². The molecule has 0 bridgehead atoms. The maximum absolute atomic E-state index is 12.3. The molecule has 0 spiro atoms. The van der Waals surface area contributed by atoms with Gasteiger partial charge in [0.25, 0.3) is 5.91 Å². The normalized spacial score (nSPS) is 17.9. The summed E-state index contributed by atoms with van der Waals surface area (Å²) >= 11 is 6.20. The fourth-order valence-corrected chi connectivity index (χ4v) is 2.75. The van der Waals surface area contributed by atoms with Crippen LogP contribution < -0.4 is 5.32 Å². The molecule has 5 heteroatoms. The zero-order chi connectivity index (χ0) is 14.3. The van der Waals surface area contributed by atoms with Crippen LogP contribution in [0.1, 0.15) is 30.3 Å². The van der Waals surface area contributed by atoms with Gasteiger partial charge in [0, 0.05) is 5.39 Å². The molecule has 2 N–H and O–H groups in total. The minimum Gasteiger partial charge on any atom is -0.449 e. The van der Waals surface area contributed by atoms with Crippen LogP contribution in [0.3, 0.4) is 0 Å². The summed E-state index contributed by atoms with van der Waals surface area (Å²) in [5.41, 5.74) is -0.0286. The van der Waals surface area contributed by atoms with Gasteiger partial charge in [0.1, 0.15) is 5.58 Å². The molecule has 0 saturated heterocycles. The summed E-state index contributed by atoms with van der Waals surface area (Å²) in [5, 5.41) is 13.4. The molecule has 1 aromatic heterocycles. The molecule has 1 aliphatic carbocycles. The highest BCUT2D eigenvalue weighted by Gasteiger charge is 2.42. The lowest BCUT2D eigenvalue weighted by atomic mass is 9.97. The second-order valence-electron chi connectivity index (χ2n) is 5.55. The smallest absolute Gasteiger partial charge is 0.289 e. The fourth-order valence-electron chi connectivity index (χ4n) is 2.47. The number of halogens is 1. The van der Waals surface area contributed by atoms with Crippen molar-refractivity contribution >= 4 is 28.5 Å². The van der Waals surface area contributed by atoms with Crippen LogP contribution in [0.5, 0.6) is 0 Å². The Hall–Kier alpha value is -1.52. The van der Waals surface area contributed by atoms with Gasteiger partial charge in [0.05, 0.1) is 17.2 Å². The van der Waals surface area contributed by atoms with Gasteiger partial charge in [-0.05, 0) is 37.8 Å². The lowest BCUT2D eigenvalue weighted by Gasteiger charge is -2.28. The number of furan rings is 1. The van der Waals surface area contributed by atoms with Gasteiger partial charge in [0.15, 0.2) is 0 Å². The largest absolute Gasteiger partial charge is 0.449 e. The zero-order valence-corrected chi connectivity index (χ0v) is 11.9. The van der Waals surface area contributed by atoms with E-state index in [1.807, 2.05) is 25.1 Å². The number of nitrogens with one attached hydrogen (secondary N) is 1. The van der Waals surface area contributed by atoms with Crippen molar-refractivity contribution in [2.45, 2.75) is 25.3 Å². The fraction of sp³-hybridized carbons (Fsp3) is 0.400. The molecule has 1 heterocycles. The third kappa shape index (κ3) is 2.19. The molecule has 1 amide bonds. The van der Waals surface area contributed by atoms with E-state index >= 15 is 0 Å². The average Bonchev–Trinajstić information content (AvgIpc) is 3.25. The van der Waals surface area contributed by atoms with E-state index in [9.17, 15) is 9.90 Å². The molecule has 1 aromatic carbocycles. The number of fused-ring (bicyclic) bond motifs is 1. The third-order valence-corrected chi connectivity index (χ3v) is 4.32. The zero-order valence-electron chi connectivity index (χ0n) is 11.1. The Morgan fingerprint density at radius 2 is 2.20 bits per heavy atom. The number of hydrogen-bond donors (Lipinski definition) is 2. The molecule has 4 nitrogen and oxygen atoms in total. The van der Waals surface area contributed by atoms with Crippen LogP contribution in [0.25, 0.3) is 11.0 Å². The van der Waals surface area contributed by atoms with E-state index in [1.54, 1.807) is 6.07 Å². The highest BCUT2D eigenvalue weighted by Crippen LogP contribution is 2.40. The van der Waals surface area contributed by atoms with Crippen molar-refractivity contribution in [2.75, 3.05) is 6.61 Å². The first kappa shape index (κ1) is 13.5. The second-order valence-corrected chi connectivity index (χ2v) is 5.92. The highest BCUT2D eigenvalue weighted by molar-refractivity contribution is 6.38. The molecule has 1 saturated carbocycles. The molecule has 1 fully saturated rings. The number of para-hydroxylation sites is 1. The van der Waals surface area contributed by atoms with E-state index in [-0.39, 0.29) is 18.3 Å². The number of aliphatic hydroxyl groups excluding tert-OH is 1. The summed E-state index contributed by atoms with van der Waals surface area (Å²) in [6, 6.07) is 7.24. The maximum Gasteiger partial charge on any atom is 0.289 e. The molecule has 106 valence electrons. The Labute approximate surface area is 121 Å². The average molecular weight is 294 g/mol. The van der Waals surface area contributed by atoms with Crippen molar-refractivity contribution in [2.24, 2.45) is 5.92 Å². The predicted molar refractivity (Wildman–Crippen MR) is 76.9 cm³/mol. The Bertz CT molecular complexity index is 662. The van der Waals surface area contributed by atoms with Crippen molar-refractivity contribution in [1.29, 1.82) is 0 Å². The van der Waals surface area contributed by atoms with E-state index in [2.05, 4.69) is 5.32 Å². The van der Waals surface area contributed by atoms with E-state index in [0.717, 1.165) is 18.2 Å². The quantitative estimate of drug-likeness (QED) is 0.911. The van der Waals surface area contributed by atoms with Gasteiger partial charge in [-0.15, -0.1) is 0 Å². The van der Waals surface area contributed by atoms with Crippen molar-refractivity contribution in [1.82, 2.24) is 5.32 Å². The van der Waals surface area contributed by atoms with Crippen molar-refractivity contribution < 1.29 is 14.3 Å². The molecular formula is C15H16ClNO3. The number of amides is 1. The molecule has 2 aromatic rings. The van der Waals surface area contributed by atoms with Crippen LogP contribution in [0.4, 0.5) is 0 Å². The van der Waals surface area contributed by atoms with Gasteiger partial charge in [-0.2, -0.15) is 0 Å². The van der Waals surface area contributed by atoms with Crippen LogP contribution in [-0.2, 0) is 0 Å². The number of hydrogen-bond acceptors (Lipinski definition) is 3. The van der Waals surface area contributed by atoms with E-state index < -0.39 is 5.54 Å². The minimum absolute atomic E-state index is 0.0960. The standard InChI is InChI=1S/C15H16ClNO3/c1-15(8-18,9-6-7-9)17-14(19)13-12(16)10-4-2-3-5-11(10)20-13/h2-5,9,18H,6-8H2,1H3,(H,17,19). The van der Waals surface area contributed by atoms with Gasteiger partial charge in [-0.3, -0.25) is 4.79 Å². The van der Waals surface area contributed by atoms with Gasteiger partial charge >= 0.3 is 0 Å². The SMILES string of the molecule is CC(CO)(NC(=O)c1oc2ccccc2c1Cl)C1CC1. The molecule has 1 aliphatic rings. The van der Waals surface area contributed by atoms with Gasteiger partial charge in [0.2, 0.25) is 5.76 Å². The lowest BCUT2D eigenvalue weighted by Crippen LogP contribution is -2.50. The van der Waals surface area contributed by atoms with Crippen LogP contribution in [0.2, 0.25) is 5.02 Å². The van der Waals surface area contributed by atoms with Crippen molar-refractivity contribution in [3.63, 3.8) is 0 Å². The first-order chi connectivity index (χ1) is 9.55. The van der Waals surface area contributed by atoms with Crippen molar-refractivity contribution in [3.05, 3.63) is 35.0 Å². The Morgan fingerprint density at radius 1 is 1.50 bits per heavy atom. The van der Waals surface area contributed by atoms with Crippen LogP contribution >= 0.6 is 11.6 Å². The lowest BCUT2D eigenvalue weighted by molar-refractivity contribution is 0.0799. The van der Waals surface area contributed by atoms with Crippen LogP contribution in [0, 0.1) is 5.92 Å². The Balaban J connectivity index is 1.90. The summed E-state index contributed by atoms with van der Waals surface area (Å²) in [6.07, 6.45) is 2.04. The number of benzene rings is 1. The molecule has 1 unspecified atom stereocenters. The first-order valence-corrected chi connectivity index (χ1v) is 7.03. The van der Waals surface area contributed by atoms with Gasteiger partial charge < -0.3 is 14.8 Å². The molecular weight excluding hydrogens is 278 g/mol. The third-order valence-electron chi connectivity index (χ3n) is 3.95. The predicted octanol–water partition coefficient (Wildman–Crippen LogP) is 2.98. The molecule has 3 rings (SSSR count). The number of carbonyl (C=O) groups excluding carboxylic acids is 1. The molecule has 0 aliphatic heterocycles. The molecule has 20 heavy (non-hydrogen) atoms. The summed E-state index contributed by atoms with van der Waals surface area (Å²) in [6.45, 7) is 1.75. The highest BCUT2D eigenvalue weighted by atomic mass is 35.5. The maximum atomic E-state index is 12.3. The van der Waals surface area contributed by atoms with E-state index in [4.69, 9.17) is 16.0 Å². The van der Waals surface area contributed by atoms with Gasteiger partial charge in [-0.25, -0.2) is 0 Å². The van der Waals surface area contributed by atoms with Gasteiger partial charge in [-0.1, -0.05) is 23.7 Å². The second kappa shape index (κ2) is 4.79. The number of aliphatic hydroxyl groups is 1. The number of carbonyl (C=O) groups is 1. The van der Waals surface area contributed by atoms with E-state index in [0.29, 0.717) is 16.5 Å². The first-order valence-electron chi connectivity index (χ1n) is 6.65. The molecule has 0 radical (unpaired) electrons. The minimum atomic E-state index is -0.612. The summed E-state index contributed by atoms with van der Waals surface area (Å²) < 4.78 is 5.53. The summed E-state index contributed by atoms with van der Waals surface area (Å²) in [4.78, 5) is 12.3. The Morgan fingerprint density at radius 3 is 2.80 bits per heavy atom. The number of rotatable bonds is 4. The topological polar surface area (TPSA) is 62.5 Å². The summed E-state index contributed by atoms with van der Waals surface area (Å²) in [7, 11) is 0. The molecule has 1 atom stereocenters. The Kier molecular flexibility index (Phi) is 3.22. The summed E-state index contributed by atoms with van der Waals surface area (Å²) in [5.74, 6) is 0.0439. The van der Waals surface area contributed by atoms with Crippen molar-refractivity contribution in [3.8, 4) is 0 Å². The monoisotopic (exact) mass is 293 g/mol. The van der Waals surface area contributed by atoms with E-state index in [1.165, 1.54) is 0 Å². The van der Waals surface area contributed by atoms with Crippen LogP contribution in [-0.4, -0.2) is 23.2 Å².